The van der Waals surface area contributed by atoms with Gasteiger partial charge >= 0.3 is 0 Å². The molecule has 2 N–H and O–H groups in total. The van der Waals surface area contributed by atoms with E-state index in [2.05, 4.69) is 36.5 Å². The minimum Gasteiger partial charge on any atom is -0.340 e. The average molecular weight is 387 g/mol. The summed E-state index contributed by atoms with van der Waals surface area (Å²) < 4.78 is 14.8. The third-order valence-corrected chi connectivity index (χ3v) is 4.29. The molecule has 0 unspecified atom stereocenters. The molecule has 24 heavy (non-hydrogen) atoms. The van der Waals surface area contributed by atoms with Crippen molar-refractivity contribution in [3.63, 3.8) is 0 Å². The Morgan fingerprint density at radius 1 is 0.958 bits per heavy atom. The van der Waals surface area contributed by atoms with Crippen LogP contribution >= 0.6 is 15.9 Å². The molecule has 0 spiro atoms. The van der Waals surface area contributed by atoms with E-state index in [0.717, 1.165) is 21.4 Å². The van der Waals surface area contributed by atoms with Gasteiger partial charge in [0.15, 0.2) is 0 Å². The van der Waals surface area contributed by atoms with Crippen molar-refractivity contribution < 1.29 is 4.39 Å². The van der Waals surface area contributed by atoms with E-state index < -0.39 is 0 Å². The minimum absolute atomic E-state index is 0.341. The molecule has 0 saturated heterocycles. The van der Waals surface area contributed by atoms with E-state index >= 15 is 0 Å². The first-order chi connectivity index (χ1) is 11.5. The largest absolute Gasteiger partial charge is 0.340 e. The predicted molar refractivity (Wildman–Crippen MR) is 98.6 cm³/mol. The van der Waals surface area contributed by atoms with E-state index in [-0.39, 0.29) is 5.82 Å². The lowest BCUT2D eigenvalue weighted by atomic mass is 10.2. The van der Waals surface area contributed by atoms with E-state index in [4.69, 9.17) is 0 Å². The van der Waals surface area contributed by atoms with Crippen molar-refractivity contribution in [2.24, 2.45) is 0 Å². The number of anilines is 4. The van der Waals surface area contributed by atoms with Crippen LogP contribution in [0.4, 0.5) is 27.5 Å². The van der Waals surface area contributed by atoms with Crippen molar-refractivity contribution in [2.45, 2.75) is 13.8 Å². The van der Waals surface area contributed by atoms with Gasteiger partial charge in [-0.25, -0.2) is 9.37 Å². The predicted octanol–water partition coefficient (Wildman–Crippen LogP) is 5.48. The van der Waals surface area contributed by atoms with E-state index in [0.29, 0.717) is 17.5 Å². The monoisotopic (exact) mass is 386 g/mol. The third-order valence-electron chi connectivity index (χ3n) is 3.40. The fourth-order valence-electron chi connectivity index (χ4n) is 2.24. The summed E-state index contributed by atoms with van der Waals surface area (Å²) in [7, 11) is 0. The molecule has 6 heteroatoms. The second-order valence-corrected chi connectivity index (χ2v) is 6.27. The van der Waals surface area contributed by atoms with Gasteiger partial charge in [-0.05, 0) is 49.7 Å². The Kier molecular flexibility index (Phi) is 4.76. The second-order valence-electron chi connectivity index (χ2n) is 5.41. The molecule has 0 bridgehead atoms. The quantitative estimate of drug-likeness (QED) is 0.622. The summed E-state index contributed by atoms with van der Waals surface area (Å²) in [6.45, 7) is 3.89. The lowest BCUT2D eigenvalue weighted by molar-refractivity contribution is 0.631. The van der Waals surface area contributed by atoms with Crippen LogP contribution in [0.25, 0.3) is 0 Å². The number of benzene rings is 2. The Morgan fingerprint density at radius 3 is 2.50 bits per heavy atom. The van der Waals surface area contributed by atoms with Gasteiger partial charge in [0.1, 0.15) is 11.6 Å². The van der Waals surface area contributed by atoms with Crippen molar-refractivity contribution in [1.82, 2.24) is 9.97 Å². The van der Waals surface area contributed by atoms with Gasteiger partial charge in [-0.15, -0.1) is 0 Å². The highest BCUT2D eigenvalue weighted by atomic mass is 79.9. The highest BCUT2D eigenvalue weighted by Gasteiger charge is 2.07. The van der Waals surface area contributed by atoms with E-state index in [9.17, 15) is 4.39 Å². The summed E-state index contributed by atoms with van der Waals surface area (Å²) in [6, 6.07) is 14.2. The molecule has 0 aliphatic heterocycles. The number of nitrogens with zero attached hydrogens (tertiary/aromatic N) is 2. The zero-order valence-electron chi connectivity index (χ0n) is 13.3. The van der Waals surface area contributed by atoms with Crippen LogP contribution in [0.5, 0.6) is 0 Å². The Balaban J connectivity index is 1.86. The highest BCUT2D eigenvalue weighted by Crippen LogP contribution is 2.24. The lowest BCUT2D eigenvalue weighted by Crippen LogP contribution is -2.03. The molecule has 0 saturated carbocycles. The van der Waals surface area contributed by atoms with Gasteiger partial charge in [-0.3, -0.25) is 0 Å². The van der Waals surface area contributed by atoms with E-state index in [1.54, 1.807) is 18.2 Å². The Morgan fingerprint density at radius 2 is 1.75 bits per heavy atom. The maximum absolute atomic E-state index is 13.8. The molecule has 0 aliphatic rings. The SMILES string of the molecule is Cc1cc(Nc2ccc(Br)c(C)c2)nc(Nc2ccccc2F)n1. The first-order valence-electron chi connectivity index (χ1n) is 7.42. The van der Waals surface area contributed by atoms with Gasteiger partial charge in [0.25, 0.3) is 0 Å². The van der Waals surface area contributed by atoms with Crippen molar-refractivity contribution in [3.8, 4) is 0 Å². The molecule has 1 aromatic heterocycles. The Labute approximate surface area is 148 Å². The molecule has 1 heterocycles. The van der Waals surface area contributed by atoms with Crippen molar-refractivity contribution >= 4 is 39.1 Å². The van der Waals surface area contributed by atoms with Crippen molar-refractivity contribution in [2.75, 3.05) is 10.6 Å². The topological polar surface area (TPSA) is 49.8 Å². The van der Waals surface area contributed by atoms with Crippen LogP contribution in [0.3, 0.4) is 0 Å². The molecule has 3 rings (SSSR count). The molecule has 0 radical (unpaired) electrons. The molecule has 2 aromatic carbocycles. The number of hydrogen-bond donors (Lipinski definition) is 2. The van der Waals surface area contributed by atoms with Crippen LogP contribution < -0.4 is 10.6 Å². The number of rotatable bonds is 4. The number of aromatic nitrogens is 2. The molecule has 0 aliphatic carbocycles. The first kappa shape index (κ1) is 16.4. The van der Waals surface area contributed by atoms with Crippen LogP contribution in [-0.4, -0.2) is 9.97 Å². The van der Waals surface area contributed by atoms with Gasteiger partial charge in [0.2, 0.25) is 5.95 Å². The Bertz CT molecular complexity index is 883. The molecular weight excluding hydrogens is 371 g/mol. The van der Waals surface area contributed by atoms with Crippen LogP contribution in [0.2, 0.25) is 0 Å². The number of aryl methyl sites for hydroxylation is 2. The van der Waals surface area contributed by atoms with Crippen LogP contribution in [0, 0.1) is 19.7 Å². The molecule has 0 amide bonds. The van der Waals surface area contributed by atoms with E-state index in [1.807, 2.05) is 38.1 Å². The smallest absolute Gasteiger partial charge is 0.229 e. The number of nitrogens with one attached hydrogen (secondary N) is 2. The normalized spacial score (nSPS) is 10.5. The third kappa shape index (κ3) is 3.89. The lowest BCUT2D eigenvalue weighted by Gasteiger charge is -2.11. The van der Waals surface area contributed by atoms with Gasteiger partial charge < -0.3 is 10.6 Å². The zero-order valence-corrected chi connectivity index (χ0v) is 14.9. The molecule has 122 valence electrons. The number of halogens is 2. The Hall–Kier alpha value is -2.47. The summed E-state index contributed by atoms with van der Waals surface area (Å²) in [5.74, 6) is 0.639. The van der Waals surface area contributed by atoms with Gasteiger partial charge in [0.05, 0.1) is 5.69 Å². The molecule has 3 aromatic rings. The fourth-order valence-corrected chi connectivity index (χ4v) is 2.49. The molecule has 0 fully saturated rings. The summed E-state index contributed by atoms with van der Waals surface area (Å²) >= 11 is 3.48. The standard InChI is InChI=1S/C18H16BrFN4/c1-11-9-13(7-8-14(11)19)22-17-10-12(2)21-18(24-17)23-16-6-4-3-5-15(16)20/h3-10H,1-2H3,(H2,21,22,23,24). The molecular formula is C18H16BrFN4. The van der Waals surface area contributed by atoms with Crippen LogP contribution in [0.1, 0.15) is 11.3 Å². The van der Waals surface area contributed by atoms with Gasteiger partial charge in [0, 0.05) is 21.9 Å². The highest BCUT2D eigenvalue weighted by molar-refractivity contribution is 9.10. The average Bonchev–Trinajstić information content (AvgIpc) is 2.53. The number of para-hydroxylation sites is 1. The first-order valence-corrected chi connectivity index (χ1v) is 8.21. The minimum atomic E-state index is -0.347. The van der Waals surface area contributed by atoms with Crippen molar-refractivity contribution in [3.05, 3.63) is 70.1 Å². The van der Waals surface area contributed by atoms with Gasteiger partial charge in [-0.2, -0.15) is 4.98 Å². The summed E-state index contributed by atoms with van der Waals surface area (Å²) in [6.07, 6.45) is 0. The van der Waals surface area contributed by atoms with E-state index in [1.165, 1.54) is 6.07 Å². The second kappa shape index (κ2) is 6.97. The van der Waals surface area contributed by atoms with Crippen LogP contribution in [0.15, 0.2) is 53.0 Å². The van der Waals surface area contributed by atoms with Crippen molar-refractivity contribution in [1.29, 1.82) is 0 Å². The maximum Gasteiger partial charge on any atom is 0.229 e. The summed E-state index contributed by atoms with van der Waals surface area (Å²) in [5.41, 5.74) is 3.16. The van der Waals surface area contributed by atoms with Gasteiger partial charge in [-0.1, -0.05) is 28.1 Å². The zero-order chi connectivity index (χ0) is 17.1. The summed E-state index contributed by atoms with van der Waals surface area (Å²) in [5, 5.41) is 6.16. The summed E-state index contributed by atoms with van der Waals surface area (Å²) in [4.78, 5) is 8.71. The molecule has 0 atom stereocenters. The maximum atomic E-state index is 13.8. The fraction of sp³-hybridized carbons (Fsp3) is 0.111. The van der Waals surface area contributed by atoms with Crippen LogP contribution in [-0.2, 0) is 0 Å². The number of hydrogen-bond acceptors (Lipinski definition) is 4. The molecule has 4 nitrogen and oxygen atoms in total.